The normalized spacial score (nSPS) is 18.7. The van der Waals surface area contributed by atoms with E-state index in [-0.39, 0.29) is 12.5 Å². The molecule has 2 aliphatic heterocycles. The van der Waals surface area contributed by atoms with Crippen molar-refractivity contribution < 1.29 is 19.4 Å². The van der Waals surface area contributed by atoms with Gasteiger partial charge in [-0.15, -0.1) is 5.53 Å². The van der Waals surface area contributed by atoms with E-state index in [4.69, 9.17) is 4.74 Å². The monoisotopic (exact) mass is 506 g/mol. The Labute approximate surface area is 219 Å². The van der Waals surface area contributed by atoms with Crippen LogP contribution in [0.2, 0.25) is 0 Å². The lowest BCUT2D eigenvalue weighted by Crippen LogP contribution is -2.36. The van der Waals surface area contributed by atoms with Crippen LogP contribution >= 0.6 is 0 Å². The van der Waals surface area contributed by atoms with E-state index in [2.05, 4.69) is 24.0 Å². The maximum absolute atomic E-state index is 13.6. The standard InChI is InChI=1S/C29H38N4O4/c1-6-20-13-21-9-7-8-10-25(21)27(34)33(15-20)16-23-14-22(12-11-19(23)2)26(29(3,4)28(35)36)37-18-24-17-32(5)31-30-24/h7-12,14,17,20,26,30-31H,6,13,15-16,18H2,1-5H3,(H,35,36)/t20-,26+/m0/s1. The highest BCUT2D eigenvalue weighted by molar-refractivity contribution is 5.96. The molecule has 0 aliphatic carbocycles. The van der Waals surface area contributed by atoms with E-state index in [1.165, 1.54) is 0 Å². The fourth-order valence-electron chi connectivity index (χ4n) is 5.03. The summed E-state index contributed by atoms with van der Waals surface area (Å²) < 4.78 is 6.23. The van der Waals surface area contributed by atoms with Crippen LogP contribution in [0.4, 0.5) is 0 Å². The smallest absolute Gasteiger partial charge is 0.312 e. The first-order chi connectivity index (χ1) is 17.6. The van der Waals surface area contributed by atoms with Crippen LogP contribution in [0.5, 0.6) is 0 Å². The molecule has 8 heteroatoms. The van der Waals surface area contributed by atoms with Gasteiger partial charge in [0.1, 0.15) is 0 Å². The van der Waals surface area contributed by atoms with Crippen molar-refractivity contribution in [3.8, 4) is 0 Å². The second kappa shape index (κ2) is 10.9. The van der Waals surface area contributed by atoms with E-state index >= 15 is 0 Å². The average Bonchev–Trinajstić information content (AvgIpc) is 3.23. The fourth-order valence-corrected chi connectivity index (χ4v) is 5.03. The zero-order valence-electron chi connectivity index (χ0n) is 22.4. The summed E-state index contributed by atoms with van der Waals surface area (Å²) in [5.41, 5.74) is 10.3. The summed E-state index contributed by atoms with van der Waals surface area (Å²) in [7, 11) is 1.86. The summed E-state index contributed by atoms with van der Waals surface area (Å²) >= 11 is 0. The molecule has 0 bridgehead atoms. The van der Waals surface area contributed by atoms with Crippen LogP contribution in [0.25, 0.3) is 0 Å². The van der Waals surface area contributed by atoms with Gasteiger partial charge in [0.15, 0.2) is 0 Å². The topological polar surface area (TPSA) is 94.1 Å². The van der Waals surface area contributed by atoms with Gasteiger partial charge < -0.3 is 20.2 Å². The number of rotatable bonds is 9. The molecule has 2 aliphatic rings. The first kappa shape index (κ1) is 26.7. The van der Waals surface area contributed by atoms with Gasteiger partial charge in [-0.1, -0.05) is 49.7 Å². The van der Waals surface area contributed by atoms with Crippen molar-refractivity contribution in [1.82, 2.24) is 20.9 Å². The molecule has 2 atom stereocenters. The van der Waals surface area contributed by atoms with Gasteiger partial charge in [-0.2, -0.15) is 0 Å². The summed E-state index contributed by atoms with van der Waals surface area (Å²) in [6.45, 7) is 8.94. The number of benzene rings is 2. The maximum Gasteiger partial charge on any atom is 0.312 e. The van der Waals surface area contributed by atoms with E-state index in [1.807, 2.05) is 61.5 Å². The molecule has 0 aromatic heterocycles. The third-order valence-corrected chi connectivity index (χ3v) is 7.49. The predicted molar refractivity (Wildman–Crippen MR) is 142 cm³/mol. The number of carboxylic acids is 1. The predicted octanol–water partition coefficient (Wildman–Crippen LogP) is 4.18. The molecule has 0 spiro atoms. The van der Waals surface area contributed by atoms with Gasteiger partial charge in [0.2, 0.25) is 0 Å². The molecule has 2 aromatic carbocycles. The molecule has 0 saturated carbocycles. The number of aliphatic carboxylic acids is 1. The van der Waals surface area contributed by atoms with Crippen LogP contribution in [0.15, 0.2) is 54.4 Å². The van der Waals surface area contributed by atoms with Gasteiger partial charge in [-0.05, 0) is 61.4 Å². The van der Waals surface area contributed by atoms with Gasteiger partial charge in [-0.3, -0.25) is 14.6 Å². The van der Waals surface area contributed by atoms with Crippen molar-refractivity contribution in [2.24, 2.45) is 11.3 Å². The Balaban J connectivity index is 1.64. The summed E-state index contributed by atoms with van der Waals surface area (Å²) in [5, 5.41) is 11.8. The number of ether oxygens (including phenoxy) is 1. The molecule has 0 fully saturated rings. The number of fused-ring (bicyclic) bond motifs is 1. The van der Waals surface area contributed by atoms with Crippen molar-refractivity contribution in [2.45, 2.75) is 53.2 Å². The minimum Gasteiger partial charge on any atom is -0.481 e. The summed E-state index contributed by atoms with van der Waals surface area (Å²) in [4.78, 5) is 27.7. The highest BCUT2D eigenvalue weighted by atomic mass is 16.5. The maximum atomic E-state index is 13.6. The molecular weight excluding hydrogens is 468 g/mol. The number of aryl methyl sites for hydroxylation is 1. The third-order valence-electron chi connectivity index (χ3n) is 7.49. The molecule has 1 amide bonds. The van der Waals surface area contributed by atoms with Crippen LogP contribution in [0.3, 0.4) is 0 Å². The molecule has 0 saturated heterocycles. The van der Waals surface area contributed by atoms with E-state index in [9.17, 15) is 14.7 Å². The number of amides is 1. The van der Waals surface area contributed by atoms with Crippen LogP contribution < -0.4 is 11.0 Å². The summed E-state index contributed by atoms with van der Waals surface area (Å²) in [6, 6.07) is 13.8. The average molecular weight is 507 g/mol. The number of carbonyl (C=O) groups excluding carboxylic acids is 1. The SMILES string of the molecule is CC[C@H]1Cc2ccccc2C(=O)N(Cc2cc([C@@H](OCC3=CN(C)NN3)C(C)(C)C(=O)O)ccc2C)C1. The minimum atomic E-state index is -1.17. The van der Waals surface area contributed by atoms with Gasteiger partial charge in [0, 0.05) is 31.9 Å². The number of nitrogens with zero attached hydrogens (tertiary/aromatic N) is 2. The van der Waals surface area contributed by atoms with Crippen LogP contribution in [-0.2, 0) is 22.5 Å². The Bertz CT molecular complexity index is 1190. The van der Waals surface area contributed by atoms with Crippen LogP contribution in [0, 0.1) is 18.3 Å². The highest BCUT2D eigenvalue weighted by Crippen LogP contribution is 2.38. The summed E-state index contributed by atoms with van der Waals surface area (Å²) in [5.74, 6) is -0.503. The molecule has 37 heavy (non-hydrogen) atoms. The Morgan fingerprint density at radius 2 is 2.00 bits per heavy atom. The molecule has 0 unspecified atom stereocenters. The van der Waals surface area contributed by atoms with E-state index in [1.54, 1.807) is 18.9 Å². The van der Waals surface area contributed by atoms with Crippen LogP contribution in [-0.4, -0.2) is 47.1 Å². The number of carboxylic acid groups (broad SMARTS) is 1. The van der Waals surface area contributed by atoms with Crippen molar-refractivity contribution in [3.63, 3.8) is 0 Å². The van der Waals surface area contributed by atoms with E-state index in [0.29, 0.717) is 19.0 Å². The van der Waals surface area contributed by atoms with Crippen molar-refractivity contribution >= 4 is 11.9 Å². The first-order valence-corrected chi connectivity index (χ1v) is 12.9. The van der Waals surface area contributed by atoms with Crippen molar-refractivity contribution in [3.05, 3.63) is 82.2 Å². The molecule has 0 radical (unpaired) electrons. The molecule has 4 rings (SSSR count). The van der Waals surface area contributed by atoms with E-state index < -0.39 is 17.5 Å². The number of nitrogens with one attached hydrogen (secondary N) is 2. The number of hydrogen-bond donors (Lipinski definition) is 3. The van der Waals surface area contributed by atoms with Crippen molar-refractivity contribution in [1.29, 1.82) is 0 Å². The Morgan fingerprint density at radius 3 is 2.68 bits per heavy atom. The molecular formula is C29H38N4O4. The quantitative estimate of drug-likeness (QED) is 0.470. The van der Waals surface area contributed by atoms with E-state index in [0.717, 1.165) is 46.4 Å². The second-order valence-electron chi connectivity index (χ2n) is 10.7. The van der Waals surface area contributed by atoms with Gasteiger partial charge in [0.25, 0.3) is 5.91 Å². The number of hydrogen-bond acceptors (Lipinski definition) is 6. The molecule has 8 nitrogen and oxygen atoms in total. The lowest BCUT2D eigenvalue weighted by atomic mass is 9.81. The zero-order chi connectivity index (χ0) is 26.7. The molecule has 3 N–H and O–H groups in total. The highest BCUT2D eigenvalue weighted by Gasteiger charge is 2.39. The zero-order valence-corrected chi connectivity index (χ0v) is 22.4. The van der Waals surface area contributed by atoms with Gasteiger partial charge >= 0.3 is 5.97 Å². The molecule has 2 aromatic rings. The first-order valence-electron chi connectivity index (χ1n) is 12.9. The largest absolute Gasteiger partial charge is 0.481 e. The number of carbonyl (C=O) groups is 2. The van der Waals surface area contributed by atoms with Gasteiger partial charge in [0.05, 0.1) is 23.8 Å². The van der Waals surface area contributed by atoms with Crippen molar-refractivity contribution in [2.75, 3.05) is 20.2 Å². The lowest BCUT2D eigenvalue weighted by molar-refractivity contribution is -0.156. The Kier molecular flexibility index (Phi) is 7.90. The Morgan fingerprint density at radius 1 is 1.24 bits per heavy atom. The second-order valence-corrected chi connectivity index (χ2v) is 10.7. The fraction of sp³-hybridized carbons (Fsp3) is 0.448. The van der Waals surface area contributed by atoms with Crippen LogP contribution in [0.1, 0.15) is 65.9 Å². The molecule has 198 valence electrons. The molecule has 2 heterocycles. The third kappa shape index (κ3) is 5.81. The van der Waals surface area contributed by atoms with Gasteiger partial charge in [-0.25, -0.2) is 0 Å². The summed E-state index contributed by atoms with van der Waals surface area (Å²) in [6.07, 6.45) is 3.05. The number of hydrazine groups is 2. The minimum absolute atomic E-state index is 0.0471. The Hall–Kier alpha value is -3.36. The lowest BCUT2D eigenvalue weighted by Gasteiger charge is -2.32.